The minimum absolute atomic E-state index is 0.174. The highest BCUT2D eigenvalue weighted by Gasteiger charge is 2.35. The molecule has 0 atom stereocenters. The highest BCUT2D eigenvalue weighted by Crippen LogP contribution is 2.37. The van der Waals surface area contributed by atoms with Crippen molar-refractivity contribution >= 4 is 40.3 Å². The van der Waals surface area contributed by atoms with Gasteiger partial charge < -0.3 is 0 Å². The maximum atomic E-state index is 13.5. The zero-order chi connectivity index (χ0) is 23.7. The van der Waals surface area contributed by atoms with Gasteiger partial charge in [-0.25, -0.2) is 9.67 Å². The molecule has 34 heavy (non-hydrogen) atoms. The van der Waals surface area contributed by atoms with Crippen LogP contribution in [0.5, 0.6) is 0 Å². The second-order valence-corrected chi connectivity index (χ2v) is 8.80. The summed E-state index contributed by atoms with van der Waals surface area (Å²) in [6, 6.07) is 28.4. The van der Waals surface area contributed by atoms with Crippen LogP contribution in [-0.2, 0) is 11.8 Å². The van der Waals surface area contributed by atoms with Crippen LogP contribution < -0.4 is 10.5 Å². The molecule has 2 heterocycles. The zero-order valence-corrected chi connectivity index (χ0v) is 19.6. The lowest BCUT2D eigenvalue weighted by Gasteiger charge is -2.15. The molecule has 5 rings (SSSR count). The minimum atomic E-state index is -0.209. The summed E-state index contributed by atoms with van der Waals surface area (Å²) >= 11 is 1.27. The molecule has 0 saturated carbocycles. The van der Waals surface area contributed by atoms with E-state index in [0.717, 1.165) is 22.8 Å². The Morgan fingerprint density at radius 1 is 0.794 bits per heavy atom. The molecule has 1 fully saturated rings. The van der Waals surface area contributed by atoms with Gasteiger partial charge in [-0.05, 0) is 61.2 Å². The van der Waals surface area contributed by atoms with Crippen LogP contribution in [0.15, 0.2) is 106 Å². The standard InChI is InChI=1S/C27H22N4O2S/c1-19-23(25(32)31(29(19)2)22-16-10-5-11-17-22)18-24-26(33)30(21-14-8-4-9-15-21)27(34-24)28-20-12-6-3-7-13-20/h3-18H,1-2H3. The predicted octanol–water partition coefficient (Wildman–Crippen LogP) is 5.29. The van der Waals surface area contributed by atoms with Crippen LogP contribution in [0.1, 0.15) is 11.3 Å². The van der Waals surface area contributed by atoms with E-state index in [1.54, 1.807) is 15.7 Å². The average Bonchev–Trinajstić information content (AvgIpc) is 3.28. The van der Waals surface area contributed by atoms with Crippen molar-refractivity contribution in [2.24, 2.45) is 12.0 Å². The largest absolute Gasteiger partial charge is 0.285 e. The first-order chi connectivity index (χ1) is 16.5. The Bertz CT molecular complexity index is 1470. The molecule has 168 valence electrons. The van der Waals surface area contributed by atoms with Gasteiger partial charge in [0.1, 0.15) is 0 Å². The van der Waals surface area contributed by atoms with E-state index in [2.05, 4.69) is 0 Å². The number of para-hydroxylation sites is 3. The van der Waals surface area contributed by atoms with Crippen molar-refractivity contribution in [1.82, 2.24) is 9.36 Å². The molecule has 0 radical (unpaired) electrons. The first kappa shape index (κ1) is 21.7. The van der Waals surface area contributed by atoms with Gasteiger partial charge in [-0.2, -0.15) is 0 Å². The van der Waals surface area contributed by atoms with Crippen molar-refractivity contribution in [3.8, 4) is 5.69 Å². The summed E-state index contributed by atoms with van der Waals surface area (Å²) in [5.41, 5.74) is 3.33. The van der Waals surface area contributed by atoms with Gasteiger partial charge in [0.05, 0.1) is 27.5 Å². The third kappa shape index (κ3) is 3.91. The summed E-state index contributed by atoms with van der Waals surface area (Å²) in [5, 5.41) is 0.547. The Hall–Kier alpha value is -4.10. The van der Waals surface area contributed by atoms with Crippen molar-refractivity contribution in [3.05, 3.63) is 118 Å². The molecule has 4 aromatic rings. The molecule has 0 spiro atoms. The van der Waals surface area contributed by atoms with Crippen LogP contribution >= 0.6 is 11.8 Å². The van der Waals surface area contributed by atoms with Gasteiger partial charge in [0.25, 0.3) is 11.5 Å². The molecule has 7 heteroatoms. The number of nitrogens with zero attached hydrogens (tertiary/aromatic N) is 4. The maximum absolute atomic E-state index is 13.5. The third-order valence-corrected chi connectivity index (χ3v) is 6.64. The third-order valence-electron chi connectivity index (χ3n) is 5.68. The molecule has 0 N–H and O–H groups in total. The second kappa shape index (κ2) is 9.03. The van der Waals surface area contributed by atoms with Gasteiger partial charge in [0, 0.05) is 12.7 Å². The fourth-order valence-corrected chi connectivity index (χ4v) is 4.84. The van der Waals surface area contributed by atoms with E-state index in [-0.39, 0.29) is 11.5 Å². The van der Waals surface area contributed by atoms with Gasteiger partial charge in [0.2, 0.25) is 0 Å². The van der Waals surface area contributed by atoms with E-state index < -0.39 is 0 Å². The molecule has 6 nitrogen and oxygen atoms in total. The van der Waals surface area contributed by atoms with Crippen LogP contribution in [0.4, 0.5) is 11.4 Å². The van der Waals surface area contributed by atoms with E-state index in [9.17, 15) is 9.59 Å². The first-order valence-electron chi connectivity index (χ1n) is 10.8. The Morgan fingerprint density at radius 3 is 1.97 bits per heavy atom. The summed E-state index contributed by atoms with van der Waals surface area (Å²) in [6.07, 6.45) is 1.69. The molecule has 1 aliphatic heterocycles. The molecule has 1 aliphatic rings. The number of aromatic nitrogens is 2. The van der Waals surface area contributed by atoms with E-state index in [1.807, 2.05) is 110 Å². The number of hydrogen-bond donors (Lipinski definition) is 0. The number of amidine groups is 1. The summed E-state index contributed by atoms with van der Waals surface area (Å²) in [6.45, 7) is 1.88. The Morgan fingerprint density at radius 2 is 1.35 bits per heavy atom. The van der Waals surface area contributed by atoms with Crippen LogP contribution in [-0.4, -0.2) is 20.4 Å². The predicted molar refractivity (Wildman–Crippen MR) is 139 cm³/mol. The molecule has 0 aliphatic carbocycles. The highest BCUT2D eigenvalue weighted by molar-refractivity contribution is 8.19. The number of carbonyl (C=O) groups excluding carboxylic acids is 1. The minimum Gasteiger partial charge on any atom is -0.285 e. The van der Waals surface area contributed by atoms with Crippen molar-refractivity contribution < 1.29 is 4.79 Å². The SMILES string of the molecule is Cc1c(C=C2SC(=Nc3ccccc3)N(c3ccccc3)C2=O)c(=O)n(-c2ccccc2)n1C. The number of carbonyl (C=O) groups is 1. The van der Waals surface area contributed by atoms with Gasteiger partial charge in [-0.3, -0.25) is 19.2 Å². The molecular formula is C27H22N4O2S. The van der Waals surface area contributed by atoms with Gasteiger partial charge >= 0.3 is 0 Å². The summed E-state index contributed by atoms with van der Waals surface area (Å²) in [5.74, 6) is -0.209. The lowest BCUT2D eigenvalue weighted by atomic mass is 10.2. The van der Waals surface area contributed by atoms with Crippen molar-refractivity contribution in [1.29, 1.82) is 0 Å². The van der Waals surface area contributed by atoms with E-state index in [1.165, 1.54) is 11.8 Å². The molecule has 0 bridgehead atoms. The van der Waals surface area contributed by atoms with Gasteiger partial charge in [-0.1, -0.05) is 54.6 Å². The lowest BCUT2D eigenvalue weighted by Crippen LogP contribution is -2.28. The van der Waals surface area contributed by atoms with Crippen LogP contribution in [0.25, 0.3) is 11.8 Å². The first-order valence-corrected chi connectivity index (χ1v) is 11.6. The van der Waals surface area contributed by atoms with Crippen molar-refractivity contribution in [2.45, 2.75) is 6.92 Å². The monoisotopic (exact) mass is 466 g/mol. The van der Waals surface area contributed by atoms with E-state index >= 15 is 0 Å². The summed E-state index contributed by atoms with van der Waals surface area (Å²) in [7, 11) is 1.84. The Labute approximate surface area is 201 Å². The number of thioether (sulfide) groups is 1. The highest BCUT2D eigenvalue weighted by atomic mass is 32.2. The van der Waals surface area contributed by atoms with Crippen molar-refractivity contribution in [3.63, 3.8) is 0 Å². The fraction of sp³-hybridized carbons (Fsp3) is 0.0741. The molecule has 3 aromatic carbocycles. The normalized spacial score (nSPS) is 16.1. The Kier molecular flexibility index (Phi) is 5.77. The summed E-state index contributed by atoms with van der Waals surface area (Å²) < 4.78 is 3.42. The lowest BCUT2D eigenvalue weighted by molar-refractivity contribution is -0.113. The number of benzene rings is 3. The van der Waals surface area contributed by atoms with E-state index in [0.29, 0.717) is 15.6 Å². The zero-order valence-electron chi connectivity index (χ0n) is 18.8. The molecule has 1 saturated heterocycles. The van der Waals surface area contributed by atoms with Crippen LogP contribution in [0, 0.1) is 6.92 Å². The smallest absolute Gasteiger partial charge is 0.278 e. The average molecular weight is 467 g/mol. The molecule has 0 unspecified atom stereocenters. The maximum Gasteiger partial charge on any atom is 0.278 e. The van der Waals surface area contributed by atoms with Gasteiger partial charge in [-0.15, -0.1) is 0 Å². The summed E-state index contributed by atoms with van der Waals surface area (Å²) in [4.78, 5) is 33.7. The molecular weight excluding hydrogens is 444 g/mol. The number of hydrogen-bond acceptors (Lipinski definition) is 4. The fourth-order valence-electron chi connectivity index (χ4n) is 3.85. The number of amides is 1. The van der Waals surface area contributed by atoms with E-state index in [4.69, 9.17) is 4.99 Å². The molecule has 1 amide bonds. The van der Waals surface area contributed by atoms with Crippen LogP contribution in [0.2, 0.25) is 0 Å². The number of aliphatic imine (C=N–C) groups is 1. The molecule has 1 aromatic heterocycles. The van der Waals surface area contributed by atoms with Crippen LogP contribution in [0.3, 0.4) is 0 Å². The Balaban J connectivity index is 1.61. The second-order valence-electron chi connectivity index (χ2n) is 7.79. The topological polar surface area (TPSA) is 59.6 Å². The quantitative estimate of drug-likeness (QED) is 0.384. The van der Waals surface area contributed by atoms with Gasteiger partial charge in [0.15, 0.2) is 5.17 Å². The number of anilines is 1. The van der Waals surface area contributed by atoms with Crippen molar-refractivity contribution in [2.75, 3.05) is 4.90 Å². The number of rotatable bonds is 4.